The number of rotatable bonds is 12. The molecule has 0 saturated carbocycles. The monoisotopic (exact) mass is 442 g/mol. The lowest BCUT2D eigenvalue weighted by atomic mass is 9.73. The fraction of sp³-hybridized carbons (Fsp3) is 0.607. The van der Waals surface area contributed by atoms with Crippen molar-refractivity contribution in [3.63, 3.8) is 0 Å². The third-order valence-electron chi connectivity index (χ3n) is 6.60. The molecule has 4 nitrogen and oxygen atoms in total. The van der Waals surface area contributed by atoms with Crippen LogP contribution in [-0.4, -0.2) is 22.8 Å². The van der Waals surface area contributed by atoms with Gasteiger partial charge in [-0.25, -0.2) is 4.79 Å². The van der Waals surface area contributed by atoms with Crippen molar-refractivity contribution in [3.05, 3.63) is 46.6 Å². The number of aromatic hydroxyl groups is 2. The molecule has 1 aromatic rings. The van der Waals surface area contributed by atoms with Crippen LogP contribution in [0.2, 0.25) is 0 Å². The second-order valence-corrected chi connectivity index (χ2v) is 9.38. The summed E-state index contributed by atoms with van der Waals surface area (Å²) in [6.45, 7) is 12.8. The van der Waals surface area contributed by atoms with Crippen LogP contribution in [0.15, 0.2) is 29.9 Å². The van der Waals surface area contributed by atoms with Crippen molar-refractivity contribution < 1.29 is 19.7 Å². The smallest absolute Gasteiger partial charge is 0.342 e. The van der Waals surface area contributed by atoms with Crippen molar-refractivity contribution in [1.29, 1.82) is 0 Å². The highest BCUT2D eigenvalue weighted by Gasteiger charge is 2.33. The Labute approximate surface area is 194 Å². The molecule has 0 aliphatic heterocycles. The van der Waals surface area contributed by atoms with E-state index in [9.17, 15) is 15.0 Å². The molecule has 4 heteroatoms. The Morgan fingerprint density at radius 1 is 1.12 bits per heavy atom. The number of ether oxygens (including phenoxy) is 1. The number of unbranched alkanes of at least 4 members (excludes halogenated alkanes) is 5. The van der Waals surface area contributed by atoms with Crippen molar-refractivity contribution in [1.82, 2.24) is 0 Å². The molecule has 2 N–H and O–H groups in total. The van der Waals surface area contributed by atoms with Crippen LogP contribution >= 0.6 is 0 Å². The topological polar surface area (TPSA) is 66.8 Å². The van der Waals surface area contributed by atoms with Crippen molar-refractivity contribution in [2.24, 2.45) is 5.92 Å². The van der Waals surface area contributed by atoms with Crippen LogP contribution in [0, 0.1) is 5.92 Å². The largest absolute Gasteiger partial charge is 0.507 e. The number of esters is 1. The number of phenolic OH excluding ortho intramolecular Hbond substituents is 2. The second-order valence-electron chi connectivity index (χ2n) is 9.38. The highest BCUT2D eigenvalue weighted by atomic mass is 16.5. The summed E-state index contributed by atoms with van der Waals surface area (Å²) in [7, 11) is 0. The Morgan fingerprint density at radius 2 is 1.81 bits per heavy atom. The van der Waals surface area contributed by atoms with Gasteiger partial charge in [-0.15, -0.1) is 0 Å². The van der Waals surface area contributed by atoms with Crippen molar-refractivity contribution in [3.8, 4) is 11.5 Å². The zero-order chi connectivity index (χ0) is 23.7. The predicted octanol–water partition coefficient (Wildman–Crippen LogP) is 7.58. The summed E-state index contributed by atoms with van der Waals surface area (Å²) in [5.41, 5.74) is 3.55. The zero-order valence-electron chi connectivity index (χ0n) is 20.5. The van der Waals surface area contributed by atoms with E-state index in [-0.39, 0.29) is 28.9 Å². The summed E-state index contributed by atoms with van der Waals surface area (Å²) < 4.78 is 5.57. The summed E-state index contributed by atoms with van der Waals surface area (Å²) in [5.74, 6) is -0.663. The molecular formula is C28H42O4. The molecule has 1 unspecified atom stereocenters. The third-order valence-corrected chi connectivity index (χ3v) is 6.60. The Balaban J connectivity index is 2.45. The SMILES string of the molecule is C=C(C)[C@@H]1CCC(C)=CC1c1c(O)cc(CCCCC)c(C(=O)OCCCCCC)c1O. The second kappa shape index (κ2) is 12.7. The predicted molar refractivity (Wildman–Crippen MR) is 131 cm³/mol. The fourth-order valence-electron chi connectivity index (χ4n) is 4.71. The maximum atomic E-state index is 13.1. The molecule has 0 bridgehead atoms. The van der Waals surface area contributed by atoms with E-state index < -0.39 is 5.97 Å². The van der Waals surface area contributed by atoms with E-state index in [0.29, 0.717) is 24.2 Å². The first-order valence-electron chi connectivity index (χ1n) is 12.4. The van der Waals surface area contributed by atoms with Gasteiger partial charge in [0.1, 0.15) is 17.1 Å². The molecule has 1 aliphatic rings. The number of allylic oxidation sites excluding steroid dienone is 3. The van der Waals surface area contributed by atoms with Crippen LogP contribution in [0.3, 0.4) is 0 Å². The number of aryl methyl sites for hydroxylation is 1. The lowest BCUT2D eigenvalue weighted by molar-refractivity contribution is 0.0493. The van der Waals surface area contributed by atoms with Gasteiger partial charge in [-0.1, -0.05) is 69.8 Å². The van der Waals surface area contributed by atoms with E-state index in [0.717, 1.165) is 63.4 Å². The van der Waals surface area contributed by atoms with Gasteiger partial charge in [0, 0.05) is 11.5 Å². The fourth-order valence-corrected chi connectivity index (χ4v) is 4.71. The summed E-state index contributed by atoms with van der Waals surface area (Å²) in [4.78, 5) is 13.1. The van der Waals surface area contributed by atoms with E-state index in [1.165, 1.54) is 5.57 Å². The average molecular weight is 443 g/mol. The minimum absolute atomic E-state index is 0.0516. The van der Waals surface area contributed by atoms with Crippen LogP contribution in [0.1, 0.15) is 113 Å². The molecule has 0 heterocycles. The first-order chi connectivity index (χ1) is 15.3. The van der Waals surface area contributed by atoms with E-state index in [2.05, 4.69) is 33.4 Å². The Bertz CT molecular complexity index is 821. The highest BCUT2D eigenvalue weighted by molar-refractivity contribution is 5.95. The van der Waals surface area contributed by atoms with Crippen molar-refractivity contribution in [2.75, 3.05) is 6.61 Å². The summed E-state index contributed by atoms with van der Waals surface area (Å²) in [5, 5.41) is 22.3. The molecule has 0 radical (unpaired) electrons. The van der Waals surface area contributed by atoms with Crippen molar-refractivity contribution in [2.45, 2.75) is 97.8 Å². The molecular weight excluding hydrogens is 400 g/mol. The molecule has 0 amide bonds. The van der Waals surface area contributed by atoms with Gasteiger partial charge in [0.25, 0.3) is 0 Å². The van der Waals surface area contributed by atoms with Crippen LogP contribution in [0.4, 0.5) is 0 Å². The van der Waals surface area contributed by atoms with Crippen LogP contribution in [-0.2, 0) is 11.2 Å². The first-order valence-corrected chi connectivity index (χ1v) is 12.4. The number of benzene rings is 1. The molecule has 2 rings (SSSR count). The van der Waals surface area contributed by atoms with E-state index in [1.54, 1.807) is 6.07 Å². The van der Waals surface area contributed by atoms with Crippen molar-refractivity contribution >= 4 is 5.97 Å². The van der Waals surface area contributed by atoms with E-state index >= 15 is 0 Å². The summed E-state index contributed by atoms with van der Waals surface area (Å²) >= 11 is 0. The first kappa shape index (κ1) is 26.0. The standard InChI is InChI=1S/C28H42O4/c1-6-8-10-12-16-32-28(31)25-21(13-11-9-7-2)18-24(29)26(27(25)30)23-17-20(5)14-15-22(23)19(3)4/h17-18,22-23,29-30H,3,6-16H2,1-2,4-5H3/t22-,23?/m0/s1. The Morgan fingerprint density at radius 3 is 2.47 bits per heavy atom. The molecule has 0 fully saturated rings. The maximum absolute atomic E-state index is 13.1. The minimum Gasteiger partial charge on any atom is -0.507 e. The maximum Gasteiger partial charge on any atom is 0.342 e. The number of hydrogen-bond donors (Lipinski definition) is 2. The average Bonchev–Trinajstić information content (AvgIpc) is 2.73. The zero-order valence-corrected chi connectivity index (χ0v) is 20.5. The van der Waals surface area contributed by atoms with Crippen LogP contribution < -0.4 is 0 Å². The third kappa shape index (κ3) is 6.63. The van der Waals surface area contributed by atoms with Gasteiger partial charge in [0.15, 0.2) is 0 Å². The molecule has 1 aliphatic carbocycles. The normalized spacial score (nSPS) is 18.3. The molecule has 2 atom stereocenters. The summed E-state index contributed by atoms with van der Waals surface area (Å²) in [6, 6.07) is 1.67. The van der Waals surface area contributed by atoms with Gasteiger partial charge >= 0.3 is 5.97 Å². The Kier molecular flexibility index (Phi) is 10.3. The molecule has 0 saturated heterocycles. The number of phenols is 2. The lowest BCUT2D eigenvalue weighted by Crippen LogP contribution is -2.19. The molecule has 1 aromatic carbocycles. The quantitative estimate of drug-likeness (QED) is 0.199. The number of carbonyl (C=O) groups excluding carboxylic acids is 1. The highest BCUT2D eigenvalue weighted by Crippen LogP contribution is 2.48. The van der Waals surface area contributed by atoms with Gasteiger partial charge in [0.05, 0.1) is 6.61 Å². The number of carbonyl (C=O) groups is 1. The molecule has 178 valence electrons. The van der Waals surface area contributed by atoms with E-state index in [1.807, 2.05) is 6.92 Å². The van der Waals surface area contributed by atoms with Gasteiger partial charge in [-0.05, 0) is 63.5 Å². The molecule has 0 aromatic heterocycles. The summed E-state index contributed by atoms with van der Waals surface area (Å²) in [6.07, 6.45) is 11.7. The van der Waals surface area contributed by atoms with Gasteiger partial charge in [-0.3, -0.25) is 0 Å². The van der Waals surface area contributed by atoms with Gasteiger partial charge < -0.3 is 14.9 Å². The van der Waals surface area contributed by atoms with Crippen LogP contribution in [0.5, 0.6) is 11.5 Å². The van der Waals surface area contributed by atoms with E-state index in [4.69, 9.17) is 4.74 Å². The Hall–Kier alpha value is -2.23. The lowest BCUT2D eigenvalue weighted by Gasteiger charge is -2.32. The van der Waals surface area contributed by atoms with Crippen LogP contribution in [0.25, 0.3) is 0 Å². The van der Waals surface area contributed by atoms with Gasteiger partial charge in [0.2, 0.25) is 0 Å². The minimum atomic E-state index is -0.491. The molecule has 0 spiro atoms. The van der Waals surface area contributed by atoms with Gasteiger partial charge in [-0.2, -0.15) is 0 Å². The number of hydrogen-bond acceptors (Lipinski definition) is 4. The molecule has 32 heavy (non-hydrogen) atoms.